The molecule has 0 saturated heterocycles. The van der Waals surface area contributed by atoms with E-state index in [0.717, 1.165) is 0 Å². The Hall–Kier alpha value is -2.97. The number of rotatable bonds is 3. The fourth-order valence-electron chi connectivity index (χ4n) is 5.81. The first-order valence-electron chi connectivity index (χ1n) is 11.7. The lowest BCUT2D eigenvalue weighted by Crippen LogP contribution is -2.21. The molecule has 0 amide bonds. The summed E-state index contributed by atoms with van der Waals surface area (Å²) >= 11 is 0. The lowest BCUT2D eigenvalue weighted by atomic mass is 9.94. The topological polar surface area (TPSA) is 3.24 Å². The van der Waals surface area contributed by atoms with Gasteiger partial charge >= 0.3 is 0 Å². The van der Waals surface area contributed by atoms with Gasteiger partial charge in [-0.2, -0.15) is 0 Å². The minimum Gasteiger partial charge on any atom is -0.343 e. The van der Waals surface area contributed by atoms with Gasteiger partial charge in [-0.05, 0) is 71.8 Å². The molecule has 0 aromatic heterocycles. The Bertz CT molecular complexity index is 1290. The van der Waals surface area contributed by atoms with Crippen molar-refractivity contribution in [3.63, 3.8) is 0 Å². The maximum absolute atomic E-state index is 2.56. The molecule has 1 nitrogen and oxygen atoms in total. The third kappa shape index (κ3) is 2.42. The summed E-state index contributed by atoms with van der Waals surface area (Å²) in [7, 11) is 0.683. The number of anilines is 2. The Morgan fingerprint density at radius 3 is 1.78 bits per heavy atom. The lowest BCUT2D eigenvalue weighted by molar-refractivity contribution is 0.640. The molecule has 0 N–H and O–H groups in total. The molecule has 160 valence electrons. The Labute approximate surface area is 193 Å². The molecule has 0 saturated carbocycles. The predicted molar refractivity (Wildman–Crippen MR) is 137 cm³/mol. The average Bonchev–Trinajstić information content (AvgIpc) is 3.15. The van der Waals surface area contributed by atoms with Gasteiger partial charge in [0.25, 0.3) is 0 Å². The van der Waals surface area contributed by atoms with E-state index in [9.17, 15) is 0 Å². The second kappa shape index (κ2) is 7.28. The Morgan fingerprint density at radius 2 is 1.16 bits per heavy atom. The first-order chi connectivity index (χ1) is 15.7. The van der Waals surface area contributed by atoms with Crippen LogP contribution < -0.4 is 4.90 Å². The zero-order valence-electron chi connectivity index (χ0n) is 19.0. The second-order valence-corrected chi connectivity index (χ2v) is 11.9. The summed E-state index contributed by atoms with van der Waals surface area (Å²) in [6, 6.07) is 34.7. The summed E-state index contributed by atoms with van der Waals surface area (Å²) in [5.41, 5.74) is 6.96. The number of hydrogen-bond acceptors (Lipinski definition) is 1. The molecular formula is C30H29NS. The van der Waals surface area contributed by atoms with Crippen LogP contribution in [0.2, 0.25) is 0 Å². The van der Waals surface area contributed by atoms with Crippen LogP contribution in [0.1, 0.15) is 38.2 Å². The van der Waals surface area contributed by atoms with E-state index in [0.29, 0.717) is 5.92 Å². The number of nitrogens with zero attached hydrogens (tertiary/aromatic N) is 1. The van der Waals surface area contributed by atoms with Gasteiger partial charge in [0.2, 0.25) is 0 Å². The van der Waals surface area contributed by atoms with Gasteiger partial charge in [0, 0.05) is 26.6 Å². The van der Waals surface area contributed by atoms with Gasteiger partial charge in [0.05, 0.1) is 11.4 Å². The molecule has 0 unspecified atom stereocenters. The van der Waals surface area contributed by atoms with Gasteiger partial charge in [-0.1, -0.05) is 68.4 Å². The van der Waals surface area contributed by atoms with Gasteiger partial charge in [0.1, 0.15) is 0 Å². The van der Waals surface area contributed by atoms with Crippen molar-refractivity contribution in [3.8, 4) is 11.1 Å². The number of para-hydroxylation sites is 1. The van der Waals surface area contributed by atoms with Crippen LogP contribution in [0.4, 0.5) is 11.4 Å². The first kappa shape index (κ1) is 19.7. The van der Waals surface area contributed by atoms with E-state index in [-0.39, 0.29) is 0 Å². The molecule has 2 heteroatoms. The summed E-state index contributed by atoms with van der Waals surface area (Å²) < 4.78 is 0. The molecule has 4 aromatic carbocycles. The van der Waals surface area contributed by atoms with Crippen LogP contribution in [-0.2, 0) is 0 Å². The van der Waals surface area contributed by atoms with E-state index >= 15 is 0 Å². The number of hydrogen-bond donors (Lipinski definition) is 0. The molecule has 2 heterocycles. The highest BCUT2D eigenvalue weighted by molar-refractivity contribution is 8.34. The summed E-state index contributed by atoms with van der Waals surface area (Å²) in [5, 5.41) is 0. The van der Waals surface area contributed by atoms with Gasteiger partial charge in [-0.3, -0.25) is 0 Å². The summed E-state index contributed by atoms with van der Waals surface area (Å²) in [6.45, 7) is 4.63. The second-order valence-electron chi connectivity index (χ2n) is 8.87. The molecule has 0 fully saturated rings. The lowest BCUT2D eigenvalue weighted by Gasteiger charge is -2.47. The molecule has 6 rings (SSSR count). The van der Waals surface area contributed by atoms with Gasteiger partial charge in [0.15, 0.2) is 0 Å². The van der Waals surface area contributed by atoms with E-state index in [1.165, 1.54) is 60.5 Å². The molecule has 0 aliphatic carbocycles. The van der Waals surface area contributed by atoms with Crippen molar-refractivity contribution in [1.29, 1.82) is 0 Å². The zero-order chi connectivity index (χ0) is 21.9. The van der Waals surface area contributed by atoms with Crippen LogP contribution in [0.15, 0.2) is 111 Å². The third-order valence-corrected chi connectivity index (χ3v) is 11.4. The van der Waals surface area contributed by atoms with Crippen LogP contribution in [0.5, 0.6) is 0 Å². The molecule has 2 aliphatic rings. The molecule has 32 heavy (non-hydrogen) atoms. The van der Waals surface area contributed by atoms with Crippen molar-refractivity contribution in [2.45, 2.75) is 52.2 Å². The highest BCUT2D eigenvalue weighted by Gasteiger charge is 2.47. The summed E-state index contributed by atoms with van der Waals surface area (Å²) in [6.07, 6.45) is 2.36. The Kier molecular flexibility index (Phi) is 4.48. The average molecular weight is 436 g/mol. The number of fused-ring (bicyclic) bond motifs is 9. The summed E-state index contributed by atoms with van der Waals surface area (Å²) in [4.78, 5) is 8.35. The monoisotopic (exact) mass is 435 g/mol. The first-order valence-corrected chi connectivity index (χ1v) is 13.3. The SMILES string of the molecule is CCC(CC)c1ccc2c(c1)S1(c3ccccc3-c3ccccc31)c1ccccc1N2C. The largest absolute Gasteiger partial charge is 0.343 e. The van der Waals surface area contributed by atoms with Crippen LogP contribution in [0.3, 0.4) is 0 Å². The van der Waals surface area contributed by atoms with E-state index in [2.05, 4.69) is 117 Å². The normalized spacial score (nSPS) is 15.8. The van der Waals surface area contributed by atoms with Crippen molar-refractivity contribution in [3.05, 3.63) is 96.6 Å². The Morgan fingerprint density at radius 1 is 0.625 bits per heavy atom. The highest BCUT2D eigenvalue weighted by Crippen LogP contribution is 2.84. The van der Waals surface area contributed by atoms with E-state index in [4.69, 9.17) is 0 Å². The maximum atomic E-state index is 2.56. The van der Waals surface area contributed by atoms with E-state index in [1.54, 1.807) is 0 Å². The minimum atomic E-state index is -1.55. The van der Waals surface area contributed by atoms with Crippen molar-refractivity contribution < 1.29 is 0 Å². The number of benzene rings is 4. The minimum absolute atomic E-state index is 0.603. The molecule has 4 aromatic rings. The van der Waals surface area contributed by atoms with Crippen LogP contribution in [-0.4, -0.2) is 7.05 Å². The fraction of sp³-hybridized carbons (Fsp3) is 0.200. The molecule has 0 atom stereocenters. The maximum Gasteiger partial charge on any atom is 0.0541 e. The van der Waals surface area contributed by atoms with Crippen LogP contribution in [0.25, 0.3) is 11.1 Å². The smallest absolute Gasteiger partial charge is 0.0541 e. The highest BCUT2D eigenvalue weighted by atomic mass is 32.3. The van der Waals surface area contributed by atoms with Crippen molar-refractivity contribution >= 4 is 21.4 Å². The quantitative estimate of drug-likeness (QED) is 0.273. The van der Waals surface area contributed by atoms with E-state index < -0.39 is 10.0 Å². The van der Waals surface area contributed by atoms with Crippen molar-refractivity contribution in [2.24, 2.45) is 0 Å². The molecule has 0 radical (unpaired) electrons. The van der Waals surface area contributed by atoms with Gasteiger partial charge < -0.3 is 4.90 Å². The predicted octanol–water partition coefficient (Wildman–Crippen LogP) is 8.99. The molecule has 1 spiro atoms. The van der Waals surface area contributed by atoms with Gasteiger partial charge in [-0.25, -0.2) is 0 Å². The molecule has 2 aliphatic heterocycles. The van der Waals surface area contributed by atoms with Crippen molar-refractivity contribution in [1.82, 2.24) is 0 Å². The van der Waals surface area contributed by atoms with Crippen LogP contribution in [0, 0.1) is 0 Å². The Balaban J connectivity index is 1.79. The van der Waals surface area contributed by atoms with Gasteiger partial charge in [-0.15, -0.1) is 10.0 Å². The van der Waals surface area contributed by atoms with Crippen molar-refractivity contribution in [2.75, 3.05) is 11.9 Å². The molecular weight excluding hydrogens is 406 g/mol. The third-order valence-electron chi connectivity index (χ3n) is 7.41. The zero-order valence-corrected chi connectivity index (χ0v) is 19.8. The van der Waals surface area contributed by atoms with Crippen LogP contribution >= 0.6 is 10.0 Å². The van der Waals surface area contributed by atoms with E-state index in [1.807, 2.05) is 0 Å². The standard InChI is InChI=1S/C30H29NS/c1-4-21(5-2)22-18-19-26-30(20-22)32(29-17-11-8-14-25(29)31(26)3)27-15-9-6-12-23(27)24-13-7-10-16-28(24)32/h6-21H,4-5H2,1-3H3. The fourth-order valence-corrected chi connectivity index (χ4v) is 10.4. The summed E-state index contributed by atoms with van der Waals surface area (Å²) in [5.74, 6) is 0.603. The molecule has 0 bridgehead atoms.